The first-order chi connectivity index (χ1) is 10.6. The van der Waals surface area contributed by atoms with Crippen molar-refractivity contribution >= 4 is 5.97 Å². The quantitative estimate of drug-likeness (QED) is 0.777. The minimum atomic E-state index is -6.01. The highest BCUT2D eigenvalue weighted by Gasteiger charge is 2.73. The Kier molecular flexibility index (Phi) is 5.18. The molecule has 0 heterocycles. The molecule has 1 aromatic rings. The molecular weight excluding hydrogens is 342 g/mol. The second kappa shape index (κ2) is 6.18. The lowest BCUT2D eigenvalue weighted by atomic mass is 9.87. The highest BCUT2D eigenvalue weighted by molar-refractivity contribution is 5.66. The molecule has 0 radical (unpaired) electrons. The highest BCUT2D eigenvalue weighted by atomic mass is 19.4. The van der Waals surface area contributed by atoms with Gasteiger partial charge in [0.2, 0.25) is 0 Å². The highest BCUT2D eigenvalue weighted by Crippen LogP contribution is 2.48. The molecule has 1 aromatic carbocycles. The molecule has 0 unspecified atom stereocenters. The van der Waals surface area contributed by atoms with Crippen molar-refractivity contribution in [2.24, 2.45) is 0 Å². The van der Waals surface area contributed by atoms with E-state index in [0.717, 1.165) is 12.1 Å². The van der Waals surface area contributed by atoms with Crippen LogP contribution in [0.4, 0.5) is 26.3 Å². The number of carbonyl (C=O) groups is 1. The summed E-state index contributed by atoms with van der Waals surface area (Å²) in [5.41, 5.74) is -4.61. The predicted octanol–water partition coefficient (Wildman–Crippen LogP) is 3.37. The summed E-state index contributed by atoms with van der Waals surface area (Å²) >= 11 is 0. The zero-order valence-electron chi connectivity index (χ0n) is 13.0. The van der Waals surface area contributed by atoms with Crippen molar-refractivity contribution < 1.29 is 41.0 Å². The van der Waals surface area contributed by atoms with Gasteiger partial charge in [0, 0.05) is 12.4 Å². The third-order valence-corrected chi connectivity index (χ3v) is 3.32. The second-order valence-electron chi connectivity index (χ2n) is 6.25. The molecule has 0 atom stereocenters. The standard InChI is InChI=1S/C15H16F6O3/c1-12(2,3)9-4-6-10(7-5-9)24-13(8-11(22)23,14(16,17)18)15(19,20)21/h4-7H,8H2,1-3H3,(H,22,23)/p-1. The van der Waals surface area contributed by atoms with Gasteiger partial charge in [-0.05, 0) is 23.1 Å². The monoisotopic (exact) mass is 357 g/mol. The molecule has 0 spiro atoms. The summed E-state index contributed by atoms with van der Waals surface area (Å²) in [6.45, 7) is 5.40. The molecule has 0 N–H and O–H groups in total. The molecular formula is C15H15F6O3-. The number of ether oxygens (including phenoxy) is 1. The lowest BCUT2D eigenvalue weighted by Crippen LogP contribution is -2.63. The van der Waals surface area contributed by atoms with E-state index in [9.17, 15) is 36.2 Å². The summed E-state index contributed by atoms with van der Waals surface area (Å²) in [5, 5.41) is 10.5. The lowest BCUT2D eigenvalue weighted by molar-refractivity contribution is -0.371. The summed E-state index contributed by atoms with van der Waals surface area (Å²) < 4.78 is 82.4. The minimum Gasteiger partial charge on any atom is -0.550 e. The van der Waals surface area contributed by atoms with E-state index in [1.165, 1.54) is 12.1 Å². The van der Waals surface area contributed by atoms with Gasteiger partial charge in [-0.2, -0.15) is 26.3 Å². The molecule has 3 nitrogen and oxygen atoms in total. The fourth-order valence-electron chi connectivity index (χ4n) is 1.94. The Morgan fingerprint density at radius 2 is 1.38 bits per heavy atom. The Bertz CT molecular complexity index is 567. The van der Waals surface area contributed by atoms with Crippen LogP contribution in [0.25, 0.3) is 0 Å². The normalized spacial score (nSPS) is 13.7. The maximum atomic E-state index is 13.0. The van der Waals surface area contributed by atoms with E-state index in [1.54, 1.807) is 20.8 Å². The molecule has 0 aromatic heterocycles. The topological polar surface area (TPSA) is 49.4 Å². The van der Waals surface area contributed by atoms with Gasteiger partial charge in [0.25, 0.3) is 0 Å². The molecule has 0 saturated heterocycles. The summed E-state index contributed by atoms with van der Waals surface area (Å²) in [6, 6.07) is 4.49. The molecule has 9 heteroatoms. The van der Waals surface area contributed by atoms with Crippen LogP contribution in [0.1, 0.15) is 32.8 Å². The zero-order valence-corrected chi connectivity index (χ0v) is 13.0. The number of rotatable bonds is 4. The van der Waals surface area contributed by atoms with E-state index >= 15 is 0 Å². The van der Waals surface area contributed by atoms with Gasteiger partial charge < -0.3 is 14.6 Å². The summed E-state index contributed by atoms with van der Waals surface area (Å²) in [4.78, 5) is 10.5. The molecule has 1 rings (SSSR count). The molecule has 0 aliphatic heterocycles. The van der Waals surface area contributed by atoms with Crippen molar-refractivity contribution in [1.29, 1.82) is 0 Å². The first-order valence-electron chi connectivity index (χ1n) is 6.73. The Morgan fingerprint density at radius 1 is 0.958 bits per heavy atom. The number of carboxylic acid groups (broad SMARTS) is 1. The number of carbonyl (C=O) groups excluding carboxylic acids is 1. The Morgan fingerprint density at radius 3 is 1.67 bits per heavy atom. The van der Waals surface area contributed by atoms with Crippen molar-refractivity contribution in [2.75, 3.05) is 0 Å². The largest absolute Gasteiger partial charge is 0.550 e. The number of carboxylic acids is 1. The van der Waals surface area contributed by atoms with Crippen LogP contribution in [-0.4, -0.2) is 23.9 Å². The molecule has 0 saturated carbocycles. The average Bonchev–Trinajstić information content (AvgIpc) is 2.34. The van der Waals surface area contributed by atoms with Gasteiger partial charge in [-0.15, -0.1) is 0 Å². The van der Waals surface area contributed by atoms with E-state index in [2.05, 4.69) is 4.74 Å². The Labute approximate surface area is 134 Å². The fourth-order valence-corrected chi connectivity index (χ4v) is 1.94. The number of hydrogen-bond donors (Lipinski definition) is 0. The van der Waals surface area contributed by atoms with Crippen LogP contribution in [0.15, 0.2) is 24.3 Å². The number of halogens is 6. The predicted molar refractivity (Wildman–Crippen MR) is 70.2 cm³/mol. The van der Waals surface area contributed by atoms with Crippen molar-refractivity contribution in [1.82, 2.24) is 0 Å². The van der Waals surface area contributed by atoms with Crippen molar-refractivity contribution in [2.45, 2.75) is 50.6 Å². The van der Waals surface area contributed by atoms with Crippen LogP contribution >= 0.6 is 0 Å². The number of hydrogen-bond acceptors (Lipinski definition) is 3. The second-order valence-corrected chi connectivity index (χ2v) is 6.25. The van der Waals surface area contributed by atoms with Gasteiger partial charge in [-0.3, -0.25) is 0 Å². The van der Waals surface area contributed by atoms with Gasteiger partial charge in [-0.1, -0.05) is 32.9 Å². The molecule has 0 aliphatic rings. The number of aliphatic carboxylic acids is 1. The molecule has 0 amide bonds. The van der Waals surface area contributed by atoms with Crippen LogP contribution in [0.5, 0.6) is 5.75 Å². The summed E-state index contributed by atoms with van der Waals surface area (Å²) in [7, 11) is 0. The van der Waals surface area contributed by atoms with Gasteiger partial charge in [0.05, 0.1) is 0 Å². The smallest absolute Gasteiger partial charge is 0.437 e. The van der Waals surface area contributed by atoms with E-state index < -0.39 is 36.1 Å². The van der Waals surface area contributed by atoms with Gasteiger partial charge in [0.15, 0.2) is 0 Å². The molecule has 0 aliphatic carbocycles. The van der Waals surface area contributed by atoms with Crippen molar-refractivity contribution in [3.05, 3.63) is 29.8 Å². The third kappa shape index (κ3) is 4.12. The number of benzene rings is 1. The maximum absolute atomic E-state index is 13.0. The molecule has 136 valence electrons. The Hall–Kier alpha value is -1.93. The zero-order chi connectivity index (χ0) is 19.0. The lowest BCUT2D eigenvalue weighted by Gasteiger charge is -2.37. The van der Waals surface area contributed by atoms with E-state index in [1.807, 2.05) is 0 Å². The van der Waals surface area contributed by atoms with Gasteiger partial charge in [0.1, 0.15) is 5.75 Å². The fraction of sp³-hybridized carbons (Fsp3) is 0.533. The maximum Gasteiger partial charge on any atom is 0.437 e. The SMILES string of the molecule is CC(C)(C)c1ccc(OC(CC(=O)[O-])(C(F)(F)F)C(F)(F)F)cc1. The molecule has 0 fully saturated rings. The van der Waals surface area contributed by atoms with Crippen LogP contribution in [-0.2, 0) is 10.2 Å². The minimum absolute atomic E-state index is 0.380. The van der Waals surface area contributed by atoms with E-state index in [0.29, 0.717) is 5.56 Å². The van der Waals surface area contributed by atoms with Crippen molar-refractivity contribution in [3.63, 3.8) is 0 Å². The van der Waals surface area contributed by atoms with E-state index in [4.69, 9.17) is 0 Å². The van der Waals surface area contributed by atoms with Crippen LogP contribution in [0.3, 0.4) is 0 Å². The molecule has 0 bridgehead atoms. The number of alkyl halides is 6. The Balaban J connectivity index is 3.34. The van der Waals surface area contributed by atoms with Crippen LogP contribution in [0, 0.1) is 0 Å². The summed E-state index contributed by atoms with van der Waals surface area (Å²) in [6.07, 6.45) is -14.4. The third-order valence-electron chi connectivity index (χ3n) is 3.32. The van der Waals surface area contributed by atoms with Gasteiger partial charge in [-0.25, -0.2) is 0 Å². The first kappa shape index (κ1) is 20.1. The van der Waals surface area contributed by atoms with Gasteiger partial charge >= 0.3 is 18.0 Å². The van der Waals surface area contributed by atoms with Crippen LogP contribution in [0.2, 0.25) is 0 Å². The average molecular weight is 357 g/mol. The van der Waals surface area contributed by atoms with Crippen molar-refractivity contribution in [3.8, 4) is 5.75 Å². The van der Waals surface area contributed by atoms with E-state index in [-0.39, 0.29) is 5.41 Å². The van der Waals surface area contributed by atoms with Crippen LogP contribution < -0.4 is 9.84 Å². The first-order valence-corrected chi connectivity index (χ1v) is 6.73. The summed E-state index contributed by atoms with van der Waals surface area (Å²) in [5.74, 6) is -3.28. The molecule has 24 heavy (non-hydrogen) atoms.